The largest absolute Gasteiger partial charge is 0.452 e. The van der Waals surface area contributed by atoms with Crippen LogP contribution in [0.5, 0.6) is 0 Å². The van der Waals surface area contributed by atoms with Gasteiger partial charge in [0, 0.05) is 19.2 Å². The van der Waals surface area contributed by atoms with Crippen molar-refractivity contribution in [2.75, 3.05) is 6.61 Å². The lowest BCUT2D eigenvalue weighted by Crippen LogP contribution is -2.33. The minimum absolute atomic E-state index is 0.271. The Morgan fingerprint density at radius 3 is 1.90 bits per heavy atom. The molecule has 0 aliphatic rings. The van der Waals surface area contributed by atoms with E-state index in [1.807, 2.05) is 66.7 Å². The maximum absolute atomic E-state index is 12.8. The summed E-state index contributed by atoms with van der Waals surface area (Å²) < 4.78 is 5.16. The lowest BCUT2D eigenvalue weighted by atomic mass is 10.1. The molecule has 0 aliphatic heterocycles. The van der Waals surface area contributed by atoms with Crippen LogP contribution >= 0.6 is 0 Å². The molecule has 0 radical (unpaired) electrons. The van der Waals surface area contributed by atoms with Crippen LogP contribution in [-0.2, 0) is 27.4 Å². The lowest BCUT2D eigenvalue weighted by molar-refractivity contribution is -0.148. The van der Waals surface area contributed by atoms with Crippen molar-refractivity contribution in [2.45, 2.75) is 13.1 Å². The van der Waals surface area contributed by atoms with E-state index in [0.29, 0.717) is 18.7 Å². The van der Waals surface area contributed by atoms with Gasteiger partial charge in [-0.1, -0.05) is 72.8 Å². The van der Waals surface area contributed by atoms with E-state index < -0.39 is 5.97 Å². The molecular formula is C26H22N2O3. The van der Waals surface area contributed by atoms with Crippen molar-refractivity contribution in [1.82, 2.24) is 4.90 Å². The molecule has 0 fully saturated rings. The molecule has 31 heavy (non-hydrogen) atoms. The molecule has 0 bridgehead atoms. The number of hydrogen-bond acceptors (Lipinski definition) is 4. The molecule has 0 unspecified atom stereocenters. The van der Waals surface area contributed by atoms with E-state index in [1.54, 1.807) is 35.2 Å². The van der Waals surface area contributed by atoms with Crippen LogP contribution < -0.4 is 0 Å². The van der Waals surface area contributed by atoms with Gasteiger partial charge in [-0.15, -0.1) is 0 Å². The summed E-state index contributed by atoms with van der Waals surface area (Å²) in [6.45, 7) is 0.511. The van der Waals surface area contributed by atoms with Gasteiger partial charge in [0.25, 0.3) is 5.91 Å². The zero-order chi connectivity index (χ0) is 21.9. The summed E-state index contributed by atoms with van der Waals surface area (Å²) in [4.78, 5) is 26.5. The number of carbonyl (C=O) groups is 2. The molecular weight excluding hydrogens is 388 g/mol. The molecule has 0 N–H and O–H groups in total. The highest BCUT2D eigenvalue weighted by Gasteiger charge is 2.16. The van der Waals surface area contributed by atoms with Crippen LogP contribution in [0.1, 0.15) is 22.3 Å². The first kappa shape index (κ1) is 21.5. The Labute approximate surface area is 181 Å². The number of benzene rings is 3. The molecule has 3 aromatic rings. The van der Waals surface area contributed by atoms with Gasteiger partial charge < -0.3 is 9.64 Å². The Morgan fingerprint density at radius 2 is 1.39 bits per heavy atom. The highest BCUT2D eigenvalue weighted by atomic mass is 16.5. The third-order valence-corrected chi connectivity index (χ3v) is 4.57. The summed E-state index contributed by atoms with van der Waals surface area (Å²) in [7, 11) is 0. The molecule has 0 aliphatic carbocycles. The van der Waals surface area contributed by atoms with Crippen molar-refractivity contribution in [3.63, 3.8) is 0 Å². The van der Waals surface area contributed by atoms with Crippen LogP contribution in [0.3, 0.4) is 0 Å². The van der Waals surface area contributed by atoms with Crippen molar-refractivity contribution in [1.29, 1.82) is 5.26 Å². The van der Waals surface area contributed by atoms with Gasteiger partial charge in [-0.2, -0.15) is 5.26 Å². The van der Waals surface area contributed by atoms with Crippen molar-refractivity contribution in [3.05, 3.63) is 113 Å². The van der Waals surface area contributed by atoms with E-state index in [2.05, 4.69) is 0 Å². The molecule has 154 valence electrons. The zero-order valence-corrected chi connectivity index (χ0v) is 17.0. The van der Waals surface area contributed by atoms with E-state index in [9.17, 15) is 9.59 Å². The van der Waals surface area contributed by atoms with Crippen molar-refractivity contribution < 1.29 is 14.3 Å². The van der Waals surface area contributed by atoms with Crippen molar-refractivity contribution in [2.24, 2.45) is 0 Å². The predicted octanol–water partition coefficient (Wildman–Crippen LogP) is 4.34. The smallest absolute Gasteiger partial charge is 0.331 e. The molecule has 5 nitrogen and oxygen atoms in total. The number of nitriles is 1. The summed E-state index contributed by atoms with van der Waals surface area (Å²) in [5.74, 6) is -0.870. The quantitative estimate of drug-likeness (QED) is 0.409. The minimum atomic E-state index is -0.600. The molecule has 0 saturated heterocycles. The maximum Gasteiger partial charge on any atom is 0.331 e. The van der Waals surface area contributed by atoms with E-state index in [1.165, 1.54) is 6.08 Å². The van der Waals surface area contributed by atoms with Crippen LogP contribution in [0.4, 0.5) is 0 Å². The third-order valence-electron chi connectivity index (χ3n) is 4.57. The molecule has 3 rings (SSSR count). The summed E-state index contributed by atoms with van der Waals surface area (Å²) in [5.41, 5.74) is 3.30. The summed E-state index contributed by atoms with van der Waals surface area (Å²) in [6, 6.07) is 28.2. The standard InChI is InChI=1S/C26H22N2O3/c27-17-22-13-11-21(12-14-22)15-16-26(30)31-20-25(29)28(18-23-7-3-1-4-8-23)19-24-9-5-2-6-10-24/h1-16H,18-20H2/b16-15+. The number of nitrogens with zero attached hydrogens (tertiary/aromatic N) is 2. The molecule has 0 spiro atoms. The third kappa shape index (κ3) is 6.98. The number of rotatable bonds is 8. The molecule has 5 heteroatoms. The number of hydrogen-bond donors (Lipinski definition) is 0. The highest BCUT2D eigenvalue weighted by molar-refractivity contribution is 5.89. The van der Waals surface area contributed by atoms with E-state index in [-0.39, 0.29) is 12.5 Å². The predicted molar refractivity (Wildman–Crippen MR) is 118 cm³/mol. The topological polar surface area (TPSA) is 70.4 Å². The Hall–Kier alpha value is -4.17. The van der Waals surface area contributed by atoms with Gasteiger partial charge in [0.1, 0.15) is 0 Å². The van der Waals surface area contributed by atoms with Gasteiger partial charge in [0.15, 0.2) is 6.61 Å². The first-order valence-corrected chi connectivity index (χ1v) is 9.84. The van der Waals surface area contributed by atoms with Crippen LogP contribution in [0.2, 0.25) is 0 Å². The summed E-state index contributed by atoms with van der Waals surface area (Å²) in [5, 5.41) is 8.82. The van der Waals surface area contributed by atoms with Gasteiger partial charge in [-0.05, 0) is 34.9 Å². The van der Waals surface area contributed by atoms with Gasteiger partial charge in [0.2, 0.25) is 0 Å². The molecule has 1 amide bonds. The average Bonchev–Trinajstić information content (AvgIpc) is 2.82. The summed E-state index contributed by atoms with van der Waals surface area (Å²) in [6.07, 6.45) is 2.85. The monoisotopic (exact) mass is 410 g/mol. The SMILES string of the molecule is N#Cc1ccc(/C=C/C(=O)OCC(=O)N(Cc2ccccc2)Cc2ccccc2)cc1. The molecule has 0 saturated carbocycles. The van der Waals surface area contributed by atoms with Crippen molar-refractivity contribution >= 4 is 18.0 Å². The second-order valence-corrected chi connectivity index (χ2v) is 6.90. The van der Waals surface area contributed by atoms with E-state index >= 15 is 0 Å². The maximum atomic E-state index is 12.8. The number of ether oxygens (including phenoxy) is 1. The Morgan fingerprint density at radius 1 is 0.839 bits per heavy atom. The molecule has 3 aromatic carbocycles. The molecule has 0 heterocycles. The second kappa shape index (κ2) is 11.1. The number of esters is 1. The fourth-order valence-corrected chi connectivity index (χ4v) is 2.95. The Bertz CT molecular complexity index is 1030. The van der Waals surface area contributed by atoms with E-state index in [4.69, 9.17) is 10.00 Å². The van der Waals surface area contributed by atoms with Crippen LogP contribution in [0, 0.1) is 11.3 Å². The lowest BCUT2D eigenvalue weighted by Gasteiger charge is -2.23. The second-order valence-electron chi connectivity index (χ2n) is 6.90. The fourth-order valence-electron chi connectivity index (χ4n) is 2.95. The van der Waals surface area contributed by atoms with Gasteiger partial charge in [0.05, 0.1) is 11.6 Å². The Balaban J connectivity index is 1.60. The minimum Gasteiger partial charge on any atom is -0.452 e. The van der Waals surface area contributed by atoms with Gasteiger partial charge >= 0.3 is 5.97 Å². The van der Waals surface area contributed by atoms with Crippen LogP contribution in [0.25, 0.3) is 6.08 Å². The van der Waals surface area contributed by atoms with Gasteiger partial charge in [-0.3, -0.25) is 4.79 Å². The zero-order valence-electron chi connectivity index (χ0n) is 17.0. The molecule has 0 aromatic heterocycles. The highest BCUT2D eigenvalue weighted by Crippen LogP contribution is 2.11. The fraction of sp³-hybridized carbons (Fsp3) is 0.115. The molecule has 0 atom stereocenters. The first-order valence-electron chi connectivity index (χ1n) is 9.84. The van der Waals surface area contributed by atoms with Gasteiger partial charge in [-0.25, -0.2) is 4.79 Å². The average molecular weight is 410 g/mol. The normalized spacial score (nSPS) is 10.4. The van der Waals surface area contributed by atoms with E-state index in [0.717, 1.165) is 16.7 Å². The Kier molecular flexibility index (Phi) is 7.73. The van der Waals surface area contributed by atoms with Crippen LogP contribution in [-0.4, -0.2) is 23.4 Å². The van der Waals surface area contributed by atoms with Crippen LogP contribution in [0.15, 0.2) is 91.0 Å². The first-order chi connectivity index (χ1) is 15.1. The van der Waals surface area contributed by atoms with Crippen molar-refractivity contribution in [3.8, 4) is 6.07 Å². The number of amides is 1. The number of carbonyl (C=O) groups excluding carboxylic acids is 2. The summed E-state index contributed by atoms with van der Waals surface area (Å²) >= 11 is 0.